The second-order valence-electron chi connectivity index (χ2n) is 4.90. The first kappa shape index (κ1) is 18.5. The maximum atomic E-state index is 13.1. The van der Waals surface area contributed by atoms with Crippen molar-refractivity contribution < 1.29 is 27.4 Å². The summed E-state index contributed by atoms with van der Waals surface area (Å²) in [4.78, 5) is 16.1. The Morgan fingerprint density at radius 3 is 2.24 bits per heavy atom. The number of amides is 1. The fraction of sp³-hybridized carbons (Fsp3) is 0.222. The number of halogens is 3. The first-order valence-corrected chi connectivity index (χ1v) is 7.44. The topological polar surface area (TPSA) is 47.9 Å². The van der Waals surface area contributed by atoms with E-state index in [9.17, 15) is 18.0 Å². The van der Waals surface area contributed by atoms with Crippen LogP contribution in [0, 0.1) is 0 Å². The van der Waals surface area contributed by atoms with Gasteiger partial charge in [0.2, 0.25) is 5.90 Å². The van der Waals surface area contributed by atoms with Crippen LogP contribution in [-0.4, -0.2) is 25.5 Å². The molecular weight excluding hydrogens is 335 g/mol. The van der Waals surface area contributed by atoms with Gasteiger partial charge in [0.25, 0.3) is 5.91 Å². The van der Waals surface area contributed by atoms with Gasteiger partial charge in [-0.25, -0.2) is 0 Å². The van der Waals surface area contributed by atoms with Crippen molar-refractivity contribution in [3.63, 3.8) is 0 Å². The van der Waals surface area contributed by atoms with Gasteiger partial charge in [-0.05, 0) is 31.2 Å². The molecule has 132 valence electrons. The average Bonchev–Trinajstić information content (AvgIpc) is 2.60. The normalized spacial score (nSPS) is 12.0. The fourth-order valence-electron chi connectivity index (χ4n) is 2.20. The summed E-state index contributed by atoms with van der Waals surface area (Å²) in [5, 5.41) is 0. The van der Waals surface area contributed by atoms with Crippen LogP contribution in [0.1, 0.15) is 28.4 Å². The van der Waals surface area contributed by atoms with Gasteiger partial charge in [-0.3, -0.25) is 4.79 Å². The molecule has 0 fully saturated rings. The highest BCUT2D eigenvalue weighted by Crippen LogP contribution is 2.32. The maximum absolute atomic E-state index is 13.1. The highest BCUT2D eigenvalue weighted by atomic mass is 19.4. The Labute approximate surface area is 142 Å². The minimum Gasteiger partial charge on any atom is -0.496 e. The van der Waals surface area contributed by atoms with Gasteiger partial charge in [-0.1, -0.05) is 24.3 Å². The highest BCUT2D eigenvalue weighted by Gasteiger charge is 2.35. The molecule has 0 radical (unpaired) electrons. The average molecular weight is 351 g/mol. The quantitative estimate of drug-likeness (QED) is 0.608. The lowest BCUT2D eigenvalue weighted by Crippen LogP contribution is -2.15. The number of alkyl halides is 3. The Kier molecular flexibility index (Phi) is 5.80. The Hall–Kier alpha value is -2.83. The monoisotopic (exact) mass is 351 g/mol. The number of aliphatic imine (C=N–C) groups is 1. The molecule has 0 N–H and O–H groups in total. The lowest BCUT2D eigenvalue weighted by molar-refractivity contribution is -0.137. The largest absolute Gasteiger partial charge is 0.496 e. The van der Waals surface area contributed by atoms with Crippen molar-refractivity contribution in [1.29, 1.82) is 0 Å². The summed E-state index contributed by atoms with van der Waals surface area (Å²) in [6.45, 7) is 1.87. The highest BCUT2D eigenvalue weighted by molar-refractivity contribution is 6.08. The zero-order valence-electron chi connectivity index (χ0n) is 13.6. The molecule has 7 heteroatoms. The molecule has 0 saturated carbocycles. The van der Waals surface area contributed by atoms with Crippen LogP contribution in [-0.2, 0) is 10.9 Å². The molecular formula is C18H16F3NO3. The number of benzene rings is 2. The summed E-state index contributed by atoms with van der Waals surface area (Å²) >= 11 is 0. The molecule has 0 heterocycles. The van der Waals surface area contributed by atoms with Crippen molar-refractivity contribution in [1.82, 2.24) is 0 Å². The van der Waals surface area contributed by atoms with E-state index in [2.05, 4.69) is 4.99 Å². The van der Waals surface area contributed by atoms with E-state index >= 15 is 0 Å². The third-order valence-corrected chi connectivity index (χ3v) is 3.28. The van der Waals surface area contributed by atoms with Crippen molar-refractivity contribution >= 4 is 11.8 Å². The zero-order chi connectivity index (χ0) is 18.4. The van der Waals surface area contributed by atoms with Gasteiger partial charge in [0.05, 0.1) is 30.4 Å². The van der Waals surface area contributed by atoms with Gasteiger partial charge in [-0.15, -0.1) is 0 Å². The summed E-state index contributed by atoms with van der Waals surface area (Å²) in [5.74, 6) is -0.740. The molecule has 0 atom stereocenters. The number of carbonyl (C=O) groups is 1. The number of para-hydroxylation sites is 1. The molecule has 1 amide bonds. The maximum Gasteiger partial charge on any atom is 0.417 e. The molecule has 0 aliphatic heterocycles. The number of methoxy groups -OCH3 is 1. The minimum atomic E-state index is -4.65. The standard InChI is InChI=1S/C18H16F3NO3/c1-3-25-17(13-9-5-7-11-15(13)24-2)22-16(23)12-8-4-6-10-14(12)18(19,20)21/h4-11H,3H2,1-2H3. The van der Waals surface area contributed by atoms with Crippen molar-refractivity contribution in [2.45, 2.75) is 13.1 Å². The third-order valence-electron chi connectivity index (χ3n) is 3.28. The molecule has 0 aromatic heterocycles. The van der Waals surface area contributed by atoms with Gasteiger partial charge >= 0.3 is 6.18 Å². The van der Waals surface area contributed by atoms with Crippen molar-refractivity contribution in [3.8, 4) is 5.75 Å². The Bertz CT molecular complexity index is 785. The molecule has 0 aliphatic carbocycles. The van der Waals surface area contributed by atoms with Gasteiger partial charge in [0, 0.05) is 0 Å². The number of hydrogen-bond acceptors (Lipinski definition) is 3. The van der Waals surface area contributed by atoms with E-state index in [-0.39, 0.29) is 12.5 Å². The third kappa shape index (κ3) is 4.37. The number of carbonyl (C=O) groups excluding carboxylic acids is 1. The molecule has 2 rings (SSSR count). The smallest absolute Gasteiger partial charge is 0.417 e. The van der Waals surface area contributed by atoms with E-state index < -0.39 is 23.2 Å². The van der Waals surface area contributed by atoms with E-state index in [0.717, 1.165) is 12.1 Å². The summed E-state index contributed by atoms with van der Waals surface area (Å²) in [5.41, 5.74) is -1.20. The summed E-state index contributed by atoms with van der Waals surface area (Å²) in [6.07, 6.45) is -4.65. The van der Waals surface area contributed by atoms with Crippen LogP contribution in [0.3, 0.4) is 0 Å². The molecule has 0 bridgehead atoms. The van der Waals surface area contributed by atoms with E-state index in [1.54, 1.807) is 31.2 Å². The van der Waals surface area contributed by atoms with Crippen LogP contribution < -0.4 is 4.74 Å². The van der Waals surface area contributed by atoms with Crippen molar-refractivity contribution in [2.75, 3.05) is 13.7 Å². The summed E-state index contributed by atoms with van der Waals surface area (Å²) in [6, 6.07) is 11.1. The molecule has 0 aliphatic rings. The van der Waals surface area contributed by atoms with Crippen LogP contribution in [0.5, 0.6) is 5.75 Å². The van der Waals surface area contributed by atoms with Crippen LogP contribution in [0.2, 0.25) is 0 Å². The minimum absolute atomic E-state index is 0.0954. The Balaban J connectivity index is 2.50. The first-order chi connectivity index (χ1) is 11.9. The number of ether oxygens (including phenoxy) is 2. The lowest BCUT2D eigenvalue weighted by Gasteiger charge is -2.13. The SMILES string of the molecule is CCOC(=NC(=O)c1ccccc1C(F)(F)F)c1ccccc1OC. The van der Waals surface area contributed by atoms with Gasteiger partial charge in [-0.2, -0.15) is 18.2 Å². The number of rotatable bonds is 4. The van der Waals surface area contributed by atoms with Gasteiger partial charge in [0.15, 0.2) is 0 Å². The Morgan fingerprint density at radius 2 is 1.64 bits per heavy atom. The molecule has 2 aromatic rings. The van der Waals surface area contributed by atoms with Crippen molar-refractivity contribution in [3.05, 3.63) is 65.2 Å². The second-order valence-corrected chi connectivity index (χ2v) is 4.90. The predicted molar refractivity (Wildman–Crippen MR) is 86.9 cm³/mol. The molecule has 0 unspecified atom stereocenters. The first-order valence-electron chi connectivity index (χ1n) is 7.44. The van der Waals surface area contributed by atoms with E-state index in [4.69, 9.17) is 9.47 Å². The summed E-state index contributed by atoms with van der Waals surface area (Å²) < 4.78 is 49.8. The van der Waals surface area contributed by atoms with E-state index in [1.807, 2.05) is 0 Å². The number of hydrogen-bond donors (Lipinski definition) is 0. The van der Waals surface area contributed by atoms with Crippen LogP contribution in [0.4, 0.5) is 13.2 Å². The molecule has 0 saturated heterocycles. The Morgan fingerprint density at radius 1 is 1.04 bits per heavy atom. The predicted octanol–water partition coefficient (Wildman–Crippen LogP) is 4.34. The molecule has 25 heavy (non-hydrogen) atoms. The number of nitrogens with zero attached hydrogens (tertiary/aromatic N) is 1. The van der Waals surface area contributed by atoms with Crippen LogP contribution in [0.25, 0.3) is 0 Å². The van der Waals surface area contributed by atoms with Gasteiger partial charge < -0.3 is 9.47 Å². The summed E-state index contributed by atoms with van der Waals surface area (Å²) in [7, 11) is 1.43. The molecule has 2 aromatic carbocycles. The van der Waals surface area contributed by atoms with Crippen LogP contribution >= 0.6 is 0 Å². The fourth-order valence-corrected chi connectivity index (χ4v) is 2.20. The van der Waals surface area contributed by atoms with E-state index in [0.29, 0.717) is 11.3 Å². The molecule has 4 nitrogen and oxygen atoms in total. The van der Waals surface area contributed by atoms with Gasteiger partial charge in [0.1, 0.15) is 5.75 Å². The zero-order valence-corrected chi connectivity index (χ0v) is 13.6. The lowest BCUT2D eigenvalue weighted by atomic mass is 10.1. The van der Waals surface area contributed by atoms with E-state index in [1.165, 1.54) is 19.2 Å². The second kappa shape index (κ2) is 7.83. The molecule has 0 spiro atoms. The van der Waals surface area contributed by atoms with Crippen molar-refractivity contribution in [2.24, 2.45) is 4.99 Å². The van der Waals surface area contributed by atoms with Crippen LogP contribution in [0.15, 0.2) is 53.5 Å².